The second kappa shape index (κ2) is 35.4. The highest BCUT2D eigenvalue weighted by Crippen LogP contribution is 2.41. The van der Waals surface area contributed by atoms with E-state index in [1.165, 1.54) is 32.5 Å². The van der Waals surface area contributed by atoms with Gasteiger partial charge in [0.05, 0.1) is 49.3 Å². The molecule has 0 amide bonds. The van der Waals surface area contributed by atoms with E-state index in [4.69, 9.17) is 23.8 Å². The first-order valence-electron chi connectivity index (χ1n) is 27.5. The van der Waals surface area contributed by atoms with Gasteiger partial charge < -0.3 is 29.2 Å². The Balaban J connectivity index is 0.000000385. The number of rotatable bonds is 15. The first-order chi connectivity index (χ1) is 39.6. The van der Waals surface area contributed by atoms with E-state index < -0.39 is 5.60 Å². The van der Waals surface area contributed by atoms with E-state index in [2.05, 4.69) is 86.0 Å². The number of ether oxygens (including phenoxy) is 4. The molecule has 3 atom stereocenters. The van der Waals surface area contributed by atoms with E-state index >= 15 is 0 Å². The van der Waals surface area contributed by atoms with Crippen LogP contribution in [0.2, 0.25) is 0 Å². The van der Waals surface area contributed by atoms with Gasteiger partial charge in [0.2, 0.25) is 0 Å². The van der Waals surface area contributed by atoms with Crippen molar-refractivity contribution in [1.29, 1.82) is 0 Å². The fourth-order valence-electron chi connectivity index (χ4n) is 8.08. The molecule has 3 unspecified atom stereocenters. The molecule has 7 rings (SSSR count). The number of aliphatic hydroxyl groups is 1. The number of carbonyl (C=O) groups excluding carboxylic acids is 6. The predicted octanol–water partition coefficient (Wildman–Crippen LogP) is 15.1. The number of phenolic OH excluding ortho intramolecular Hbond substituents is 1. The average molecular weight is 1260 g/mol. The number of methoxy groups -OCH3 is 3. The van der Waals surface area contributed by atoms with Crippen LogP contribution >= 0.6 is 22.6 Å². The number of pyridine rings is 1. The molecule has 0 fully saturated rings. The summed E-state index contributed by atoms with van der Waals surface area (Å²) in [6.45, 7) is 27.0. The van der Waals surface area contributed by atoms with Gasteiger partial charge in [-0.2, -0.15) is 9.59 Å². The van der Waals surface area contributed by atoms with Crippen LogP contribution in [0.4, 0.5) is 0 Å². The molecule has 0 aliphatic rings. The lowest BCUT2D eigenvalue weighted by Crippen LogP contribution is -2.30. The summed E-state index contributed by atoms with van der Waals surface area (Å²) >= 11 is 2.18. The zero-order valence-electron chi connectivity index (χ0n) is 51.5. The highest BCUT2D eigenvalue weighted by Gasteiger charge is 2.34. The molecule has 13 nitrogen and oxygen atoms in total. The molecule has 0 bridgehead atoms. The van der Waals surface area contributed by atoms with Crippen molar-refractivity contribution in [3.05, 3.63) is 229 Å². The summed E-state index contributed by atoms with van der Waals surface area (Å²) in [4.78, 5) is 64.9. The normalized spacial score (nSPS) is 12.5. The molecule has 7 aromatic rings. The monoisotopic (exact) mass is 1260 g/mol. The molecule has 0 aliphatic heterocycles. The summed E-state index contributed by atoms with van der Waals surface area (Å²) in [5, 5.41) is 19.7. The second-order valence-corrected chi connectivity index (χ2v) is 22.8. The maximum Gasteiger partial charge on any atom is 0.373 e. The van der Waals surface area contributed by atoms with Crippen molar-refractivity contribution >= 4 is 52.4 Å². The van der Waals surface area contributed by atoms with Crippen LogP contribution in [0, 0.1) is 34.2 Å². The van der Waals surface area contributed by atoms with E-state index in [0.29, 0.717) is 35.1 Å². The van der Waals surface area contributed by atoms with Crippen molar-refractivity contribution < 1.29 is 57.9 Å². The van der Waals surface area contributed by atoms with E-state index in [1.54, 1.807) is 49.5 Å². The van der Waals surface area contributed by atoms with Crippen LogP contribution in [0.15, 0.2) is 170 Å². The molecule has 0 saturated carbocycles. The summed E-state index contributed by atoms with van der Waals surface area (Å²) in [5.74, 6) is 1.53. The van der Waals surface area contributed by atoms with Crippen molar-refractivity contribution in [1.82, 2.24) is 4.98 Å². The molecule has 448 valence electrons. The molecule has 14 heteroatoms. The molecule has 6 aromatic carbocycles. The molecule has 84 heavy (non-hydrogen) atoms. The average Bonchev–Trinajstić information content (AvgIpc) is 3.49. The van der Waals surface area contributed by atoms with E-state index in [0.717, 1.165) is 37.3 Å². The Hall–Kier alpha value is -7.78. The van der Waals surface area contributed by atoms with Crippen molar-refractivity contribution in [3.63, 3.8) is 0 Å². The fraction of sp³-hybridized carbons (Fsp3) is 0.343. The van der Waals surface area contributed by atoms with Gasteiger partial charge in [-0.15, -0.1) is 0 Å². The van der Waals surface area contributed by atoms with E-state index in [-0.39, 0.29) is 58.3 Å². The number of aromatic hydroxyl groups is 1. The number of hydrogen-bond acceptors (Lipinski definition) is 13. The van der Waals surface area contributed by atoms with Gasteiger partial charge in [0.25, 0.3) is 0 Å². The lowest BCUT2D eigenvalue weighted by Gasteiger charge is -2.35. The third-order valence-electron chi connectivity index (χ3n) is 15.0. The number of Topliss-reactive ketones (excluding diaryl/α,β-unsaturated/α-hetero) is 1. The number of benzene rings is 6. The molecule has 1 heterocycles. The maximum atomic E-state index is 11.7. The Bertz CT molecular complexity index is 3120. The van der Waals surface area contributed by atoms with Gasteiger partial charge in [-0.05, 0) is 174 Å². The fourth-order valence-corrected chi connectivity index (χ4v) is 8.44. The highest BCUT2D eigenvalue weighted by atomic mass is 127. The predicted molar refractivity (Wildman–Crippen MR) is 338 cm³/mol. The number of esters is 3. The SMILES string of the molecule is CC(=O)C(C)C.COC(=O)c1ccc(C(C)(c2ccc(O)cc2)C(C)C)cc1.COC(=O)c1ccc(C(C)(c2ccc(OCc3ccccn3)cc2)C(C)C)cc1.COC(=O)c1ccc(I)cc1.Cc1ccc(C(C)(O)C(C)C)cc1.O=C=O. The molecule has 1 aromatic heterocycles. The first kappa shape index (κ1) is 72.3. The van der Waals surface area contributed by atoms with Crippen LogP contribution in [-0.4, -0.2) is 66.4 Å². The number of phenols is 1. The van der Waals surface area contributed by atoms with Gasteiger partial charge in [-0.25, -0.2) is 14.4 Å². The number of aromatic nitrogens is 1. The third kappa shape index (κ3) is 21.8. The maximum absolute atomic E-state index is 11.7. The van der Waals surface area contributed by atoms with Crippen LogP contribution in [0.3, 0.4) is 0 Å². The lowest BCUT2D eigenvalue weighted by atomic mass is 9.68. The summed E-state index contributed by atoms with van der Waals surface area (Å²) in [7, 11) is 4.15. The topological polar surface area (TPSA) is 193 Å². The van der Waals surface area contributed by atoms with Gasteiger partial charge in [-0.3, -0.25) is 9.78 Å². The number of hydrogen-bond donors (Lipinski definition) is 2. The van der Waals surface area contributed by atoms with Gasteiger partial charge in [0, 0.05) is 26.5 Å². The number of nitrogens with zero attached hydrogens (tertiary/aromatic N) is 1. The van der Waals surface area contributed by atoms with Crippen molar-refractivity contribution in [2.75, 3.05) is 21.3 Å². The minimum absolute atomic E-state index is 0.200. The number of aryl methyl sites for hydroxylation is 1. The molecule has 0 spiro atoms. The van der Waals surface area contributed by atoms with Gasteiger partial charge in [0.15, 0.2) is 0 Å². The second-order valence-electron chi connectivity index (χ2n) is 21.5. The quantitative estimate of drug-likeness (QED) is 0.0560. The Morgan fingerprint density at radius 1 is 0.524 bits per heavy atom. The van der Waals surface area contributed by atoms with Crippen LogP contribution in [0.1, 0.15) is 153 Å². The summed E-state index contributed by atoms with van der Waals surface area (Å²) in [5.41, 5.74) is 8.30. The lowest BCUT2D eigenvalue weighted by molar-refractivity contribution is -0.191. The smallest absolute Gasteiger partial charge is 0.373 e. The number of carbonyl (C=O) groups is 4. The number of ketones is 1. The van der Waals surface area contributed by atoms with Crippen molar-refractivity contribution in [2.24, 2.45) is 23.7 Å². The molecule has 2 N–H and O–H groups in total. The zero-order valence-corrected chi connectivity index (χ0v) is 53.6. The minimum Gasteiger partial charge on any atom is -0.508 e. The van der Waals surface area contributed by atoms with Gasteiger partial charge in [-0.1, -0.05) is 154 Å². The zero-order chi connectivity index (χ0) is 63.4. The van der Waals surface area contributed by atoms with E-state index in [1.807, 2.05) is 157 Å². The summed E-state index contributed by atoms with van der Waals surface area (Å²) < 4.78 is 21.1. The van der Waals surface area contributed by atoms with Gasteiger partial charge in [0.1, 0.15) is 23.9 Å². The standard InChI is InChI=1S/C25H27NO3.C19H22O3.C12H18O.C8H7IO2.C5H10O.CO2/c1-18(2)25(3,20-10-8-19(9-11-20)24(27)28-4)21-12-14-23(15-13-21)29-17-22-7-5-6-16-26-22;1-13(2)19(3,16-9-11-17(20)12-10-16)15-7-5-14(6-8-15)18(21)22-4;1-9(2)12(4,13)11-7-5-10(3)6-8-11;1-11-8(10)6-2-4-7(9)5-3-6;1-4(2)5(3)6;2-1-3/h5-16,18H,17H2,1-4H3;5-13,20H,1-4H3;5-9,13H,1-4H3;2-5H,1H3;4H,1-3H3;. The van der Waals surface area contributed by atoms with Crippen LogP contribution in [0.5, 0.6) is 11.5 Å². The van der Waals surface area contributed by atoms with E-state index in [9.17, 15) is 29.4 Å². The Labute approximate surface area is 511 Å². The largest absolute Gasteiger partial charge is 0.508 e. The van der Waals surface area contributed by atoms with Crippen molar-refractivity contribution in [2.45, 2.75) is 113 Å². The Morgan fingerprint density at radius 2 is 0.857 bits per heavy atom. The molecule has 0 aliphatic carbocycles. The highest BCUT2D eigenvalue weighted by molar-refractivity contribution is 14.1. The number of halogens is 1. The molecule has 0 radical (unpaired) electrons. The third-order valence-corrected chi connectivity index (χ3v) is 15.7. The molecular formula is C70H84INO12. The Morgan fingerprint density at radius 3 is 1.17 bits per heavy atom. The van der Waals surface area contributed by atoms with Crippen molar-refractivity contribution in [3.8, 4) is 11.5 Å². The summed E-state index contributed by atoms with van der Waals surface area (Å²) in [6.07, 6.45) is 2.02. The summed E-state index contributed by atoms with van der Waals surface area (Å²) in [6, 6.07) is 51.8. The minimum atomic E-state index is -0.715. The first-order valence-corrected chi connectivity index (χ1v) is 28.6. The molecule has 0 saturated heterocycles. The van der Waals surface area contributed by atoms with Gasteiger partial charge >= 0.3 is 24.1 Å². The van der Waals surface area contributed by atoms with Crippen LogP contribution in [0.25, 0.3) is 0 Å². The Kier molecular flexibility index (Phi) is 30.5. The molecular weight excluding hydrogens is 1170 g/mol. The van der Waals surface area contributed by atoms with Crippen LogP contribution in [-0.2, 0) is 51.6 Å². The van der Waals surface area contributed by atoms with Crippen LogP contribution < -0.4 is 4.74 Å².